The molecule has 3 rings (SSSR count). The maximum atomic E-state index is 12.2. The van der Waals surface area contributed by atoms with Crippen molar-refractivity contribution < 1.29 is 9.53 Å². The quantitative estimate of drug-likeness (QED) is 0.684. The van der Waals surface area contributed by atoms with Gasteiger partial charge in [0.2, 0.25) is 11.8 Å². The van der Waals surface area contributed by atoms with Gasteiger partial charge in [-0.3, -0.25) is 10.1 Å². The fraction of sp³-hybridized carbons (Fsp3) is 0.733. The van der Waals surface area contributed by atoms with E-state index in [1.54, 1.807) is 6.34 Å². The van der Waals surface area contributed by atoms with Crippen molar-refractivity contribution in [1.82, 2.24) is 16.0 Å². The van der Waals surface area contributed by atoms with Crippen molar-refractivity contribution >= 4 is 12.2 Å². The van der Waals surface area contributed by atoms with E-state index in [1.165, 1.54) is 19.3 Å². The summed E-state index contributed by atoms with van der Waals surface area (Å²) in [7, 11) is 1.83. The van der Waals surface area contributed by atoms with E-state index in [0.717, 1.165) is 18.4 Å². The third-order valence-corrected chi connectivity index (χ3v) is 4.70. The van der Waals surface area contributed by atoms with E-state index >= 15 is 0 Å². The first-order valence-corrected chi connectivity index (χ1v) is 7.73. The lowest BCUT2D eigenvalue weighted by Gasteiger charge is -2.40. The van der Waals surface area contributed by atoms with Gasteiger partial charge < -0.3 is 15.4 Å². The molecule has 0 aromatic carbocycles. The second kappa shape index (κ2) is 5.10. The molecule has 0 saturated heterocycles. The molecule has 1 saturated carbocycles. The molecule has 0 radical (unpaired) electrons. The molecule has 2 aliphatic heterocycles. The van der Waals surface area contributed by atoms with Crippen LogP contribution >= 0.6 is 0 Å². The number of hydrogen-bond acceptors (Lipinski definition) is 5. The van der Waals surface area contributed by atoms with Crippen LogP contribution in [0.15, 0.2) is 16.4 Å². The molecule has 0 spiro atoms. The van der Waals surface area contributed by atoms with Gasteiger partial charge in [0.1, 0.15) is 5.82 Å². The van der Waals surface area contributed by atoms with E-state index in [9.17, 15) is 4.79 Å². The van der Waals surface area contributed by atoms with E-state index < -0.39 is 11.3 Å². The Bertz CT molecular complexity index is 506. The van der Waals surface area contributed by atoms with Gasteiger partial charge in [-0.25, -0.2) is 4.99 Å². The molecule has 6 nitrogen and oxygen atoms in total. The monoisotopic (exact) mass is 292 g/mol. The van der Waals surface area contributed by atoms with E-state index in [2.05, 4.69) is 20.9 Å². The molecule has 2 heterocycles. The topological polar surface area (TPSA) is 74.8 Å². The third-order valence-electron chi connectivity index (χ3n) is 4.70. The summed E-state index contributed by atoms with van der Waals surface area (Å²) in [4.78, 5) is 16.8. The second-order valence-electron chi connectivity index (χ2n) is 6.50. The van der Waals surface area contributed by atoms with Crippen molar-refractivity contribution in [2.45, 2.75) is 57.9 Å². The molecular weight excluding hydrogens is 268 g/mol. The number of carbonyl (C=O) groups excluding carboxylic acids is 1. The summed E-state index contributed by atoms with van der Waals surface area (Å²) in [6.07, 6.45) is 7.55. The van der Waals surface area contributed by atoms with Gasteiger partial charge in [-0.15, -0.1) is 0 Å². The second-order valence-corrected chi connectivity index (χ2v) is 6.50. The minimum atomic E-state index is -0.953. The Balaban J connectivity index is 1.94. The molecule has 0 aromatic rings. The molecule has 116 valence electrons. The largest absolute Gasteiger partial charge is 0.334 e. The van der Waals surface area contributed by atoms with Gasteiger partial charge in [0.25, 0.3) is 0 Å². The minimum Gasteiger partial charge on any atom is -0.334 e. The Morgan fingerprint density at radius 2 is 2.05 bits per heavy atom. The summed E-state index contributed by atoms with van der Waals surface area (Å²) in [6.45, 7) is 3.81. The van der Waals surface area contributed by atoms with Crippen LogP contribution in [-0.2, 0) is 9.53 Å². The highest BCUT2D eigenvalue weighted by Gasteiger charge is 2.54. The normalized spacial score (nSPS) is 31.9. The number of nitrogens with one attached hydrogen (secondary N) is 3. The van der Waals surface area contributed by atoms with Crippen molar-refractivity contribution in [1.29, 1.82) is 0 Å². The first-order chi connectivity index (χ1) is 9.99. The van der Waals surface area contributed by atoms with Crippen LogP contribution in [0.4, 0.5) is 0 Å². The average molecular weight is 292 g/mol. The molecule has 1 unspecified atom stereocenters. The highest BCUT2D eigenvalue weighted by molar-refractivity contribution is 5.92. The van der Waals surface area contributed by atoms with Gasteiger partial charge in [-0.05, 0) is 33.7 Å². The Morgan fingerprint density at radius 3 is 2.71 bits per heavy atom. The molecule has 1 atom stereocenters. The van der Waals surface area contributed by atoms with Crippen LogP contribution in [0.1, 0.15) is 46.0 Å². The fourth-order valence-corrected chi connectivity index (χ4v) is 3.47. The van der Waals surface area contributed by atoms with Crippen LogP contribution in [0.3, 0.4) is 0 Å². The molecule has 21 heavy (non-hydrogen) atoms. The number of amides is 1. The SMILES string of the molecule is CNC1(OC2CCCCC2)N=CNC2=C1C(C)(C)C(=O)N2. The molecular formula is C15H24N4O2. The fourth-order valence-electron chi connectivity index (χ4n) is 3.47. The van der Waals surface area contributed by atoms with E-state index in [4.69, 9.17) is 4.74 Å². The molecule has 1 fully saturated rings. The van der Waals surface area contributed by atoms with Gasteiger partial charge >= 0.3 is 0 Å². The van der Waals surface area contributed by atoms with Gasteiger partial charge in [0, 0.05) is 0 Å². The van der Waals surface area contributed by atoms with Crippen molar-refractivity contribution in [2.75, 3.05) is 7.05 Å². The van der Waals surface area contributed by atoms with Crippen LogP contribution < -0.4 is 16.0 Å². The summed E-state index contributed by atoms with van der Waals surface area (Å²) in [6, 6.07) is 0. The van der Waals surface area contributed by atoms with Crippen molar-refractivity contribution in [3.8, 4) is 0 Å². The number of ether oxygens (including phenoxy) is 1. The predicted octanol–water partition coefficient (Wildman–Crippen LogP) is 1.21. The van der Waals surface area contributed by atoms with Crippen LogP contribution in [0.25, 0.3) is 0 Å². The Hall–Kier alpha value is -1.40. The maximum Gasteiger partial charge on any atom is 0.245 e. The van der Waals surface area contributed by atoms with Gasteiger partial charge in [0.15, 0.2) is 0 Å². The molecule has 0 bridgehead atoms. The van der Waals surface area contributed by atoms with Gasteiger partial charge in [0.05, 0.1) is 23.4 Å². The highest BCUT2D eigenvalue weighted by Crippen LogP contribution is 2.43. The first kappa shape index (κ1) is 14.5. The molecule has 1 aliphatic carbocycles. The molecule has 0 aromatic heterocycles. The smallest absolute Gasteiger partial charge is 0.245 e. The van der Waals surface area contributed by atoms with E-state index in [0.29, 0.717) is 5.82 Å². The Morgan fingerprint density at radius 1 is 1.33 bits per heavy atom. The zero-order valence-electron chi connectivity index (χ0n) is 13.0. The molecule has 3 N–H and O–H groups in total. The number of aliphatic imine (C=N–C) groups is 1. The number of rotatable bonds is 3. The number of nitrogens with zero attached hydrogens (tertiary/aromatic N) is 1. The summed E-state index contributed by atoms with van der Waals surface area (Å²) >= 11 is 0. The number of hydrogen-bond donors (Lipinski definition) is 3. The summed E-state index contributed by atoms with van der Waals surface area (Å²) in [5.41, 5.74) is 0.188. The summed E-state index contributed by atoms with van der Waals surface area (Å²) < 4.78 is 6.37. The van der Waals surface area contributed by atoms with Gasteiger partial charge in [-0.1, -0.05) is 19.3 Å². The van der Waals surface area contributed by atoms with Crippen LogP contribution in [0, 0.1) is 5.41 Å². The Labute approximate surface area is 125 Å². The van der Waals surface area contributed by atoms with Crippen LogP contribution in [0.2, 0.25) is 0 Å². The zero-order valence-corrected chi connectivity index (χ0v) is 13.0. The van der Waals surface area contributed by atoms with Gasteiger partial charge in [-0.2, -0.15) is 0 Å². The highest BCUT2D eigenvalue weighted by atomic mass is 16.5. The molecule has 6 heteroatoms. The zero-order chi connectivity index (χ0) is 15.1. The third kappa shape index (κ3) is 2.26. The predicted molar refractivity (Wildman–Crippen MR) is 80.3 cm³/mol. The Kier molecular flexibility index (Phi) is 3.53. The average Bonchev–Trinajstić information content (AvgIpc) is 2.71. The van der Waals surface area contributed by atoms with Crippen molar-refractivity contribution in [3.63, 3.8) is 0 Å². The van der Waals surface area contributed by atoms with Crippen molar-refractivity contribution in [3.05, 3.63) is 11.4 Å². The lowest BCUT2D eigenvalue weighted by molar-refractivity contribution is -0.130. The van der Waals surface area contributed by atoms with E-state index in [1.807, 2.05) is 20.9 Å². The molecule has 3 aliphatic rings. The molecule has 1 amide bonds. The minimum absolute atomic E-state index is 0.0302. The first-order valence-electron chi connectivity index (χ1n) is 7.73. The summed E-state index contributed by atoms with van der Waals surface area (Å²) in [5, 5.41) is 9.12. The lowest BCUT2D eigenvalue weighted by Crippen LogP contribution is -2.54. The maximum absolute atomic E-state index is 12.2. The van der Waals surface area contributed by atoms with Crippen LogP contribution in [-0.4, -0.2) is 31.2 Å². The van der Waals surface area contributed by atoms with Crippen molar-refractivity contribution in [2.24, 2.45) is 10.4 Å². The lowest BCUT2D eigenvalue weighted by atomic mass is 9.82. The summed E-state index contributed by atoms with van der Waals surface area (Å²) in [5.74, 6) is -0.284. The van der Waals surface area contributed by atoms with Crippen LogP contribution in [0.5, 0.6) is 0 Å². The number of carbonyl (C=O) groups is 1. The standard InChI is InChI=1S/C15H24N4O2/c1-14(2)11-12(19-13(14)20)17-9-18-15(11,16-3)21-10-7-5-4-6-8-10/h9-10,16H,4-8H2,1-3H3,(H,17,18)(H,19,20). The number of likely N-dealkylation sites (N-methyl/N-ethyl adjacent to an activating group) is 1. The van der Waals surface area contributed by atoms with E-state index in [-0.39, 0.29) is 12.0 Å².